The van der Waals surface area contributed by atoms with E-state index in [-0.39, 0.29) is 24.5 Å². The molecule has 1 aromatic heterocycles. The average Bonchev–Trinajstić information content (AvgIpc) is 2.97. The first-order valence-electron chi connectivity index (χ1n) is 6.54. The fourth-order valence-corrected chi connectivity index (χ4v) is 2.50. The van der Waals surface area contributed by atoms with Gasteiger partial charge in [0.1, 0.15) is 9.88 Å². The molecule has 1 heterocycles. The van der Waals surface area contributed by atoms with Crippen molar-refractivity contribution in [3.63, 3.8) is 0 Å². The highest BCUT2D eigenvalue weighted by Crippen LogP contribution is 2.24. The van der Waals surface area contributed by atoms with Gasteiger partial charge in [-0.15, -0.1) is 11.3 Å². The number of thiazole rings is 1. The summed E-state index contributed by atoms with van der Waals surface area (Å²) in [5, 5.41) is 12.8. The van der Waals surface area contributed by atoms with Crippen LogP contribution in [0, 0.1) is 5.92 Å². The molecule has 5 heteroatoms. The second-order valence-electron chi connectivity index (χ2n) is 4.82. The Morgan fingerprint density at radius 3 is 2.70 bits per heavy atom. The minimum absolute atomic E-state index is 0.0282. The number of nitrogens with one attached hydrogen (secondary N) is 1. The molecule has 2 aromatic rings. The number of carbonyl (C=O) groups is 1. The molecule has 0 saturated heterocycles. The summed E-state index contributed by atoms with van der Waals surface area (Å²) in [6.07, 6.45) is 1.60. The quantitative estimate of drug-likeness (QED) is 0.889. The lowest BCUT2D eigenvalue weighted by Gasteiger charge is -2.18. The third kappa shape index (κ3) is 3.43. The van der Waals surface area contributed by atoms with Gasteiger partial charge in [0.2, 0.25) is 0 Å². The molecule has 106 valence electrons. The molecule has 4 nitrogen and oxygen atoms in total. The molecule has 0 spiro atoms. The number of carbonyl (C=O) groups excluding carboxylic acids is 1. The molecule has 2 unspecified atom stereocenters. The highest BCUT2D eigenvalue weighted by Gasteiger charge is 2.17. The van der Waals surface area contributed by atoms with Gasteiger partial charge in [-0.05, 0) is 12.8 Å². The number of hydrogen-bond donors (Lipinski definition) is 2. The van der Waals surface area contributed by atoms with Crippen LogP contribution in [0.3, 0.4) is 0 Å². The third-order valence-corrected chi connectivity index (χ3v) is 4.30. The maximum Gasteiger partial charge on any atom is 0.263 e. The molecule has 1 amide bonds. The van der Waals surface area contributed by atoms with Crippen LogP contribution in [0.2, 0.25) is 0 Å². The van der Waals surface area contributed by atoms with Crippen molar-refractivity contribution in [1.29, 1.82) is 0 Å². The van der Waals surface area contributed by atoms with Gasteiger partial charge in [-0.25, -0.2) is 4.98 Å². The first kappa shape index (κ1) is 14.7. The smallest absolute Gasteiger partial charge is 0.263 e. The molecule has 0 aliphatic rings. The van der Waals surface area contributed by atoms with Gasteiger partial charge in [0, 0.05) is 18.2 Å². The molecular weight excluding hydrogens is 272 g/mol. The van der Waals surface area contributed by atoms with Crippen LogP contribution in [0.25, 0.3) is 10.6 Å². The van der Waals surface area contributed by atoms with Crippen LogP contribution in [-0.4, -0.2) is 28.6 Å². The largest absolute Gasteiger partial charge is 0.396 e. The summed E-state index contributed by atoms with van der Waals surface area (Å²) in [5.41, 5.74) is 1.01. The summed E-state index contributed by atoms with van der Waals surface area (Å²) >= 11 is 1.37. The van der Waals surface area contributed by atoms with Crippen LogP contribution >= 0.6 is 11.3 Å². The lowest BCUT2D eigenvalue weighted by atomic mass is 10.1. The highest BCUT2D eigenvalue weighted by molar-refractivity contribution is 7.16. The zero-order chi connectivity index (χ0) is 14.5. The first-order valence-corrected chi connectivity index (χ1v) is 7.36. The fourth-order valence-electron chi connectivity index (χ4n) is 1.67. The molecule has 0 fully saturated rings. The minimum Gasteiger partial charge on any atom is -0.396 e. The molecule has 0 aliphatic carbocycles. The van der Waals surface area contributed by atoms with Gasteiger partial charge < -0.3 is 10.4 Å². The van der Waals surface area contributed by atoms with E-state index < -0.39 is 0 Å². The molecular formula is C15H18N2O2S. The SMILES string of the molecule is CC(CO)C(C)NC(=O)c1cnc(-c2ccccc2)s1. The highest BCUT2D eigenvalue weighted by atomic mass is 32.1. The van der Waals surface area contributed by atoms with E-state index in [0.717, 1.165) is 10.6 Å². The molecule has 1 aromatic carbocycles. The molecule has 2 rings (SSSR count). The van der Waals surface area contributed by atoms with Crippen molar-refractivity contribution in [2.24, 2.45) is 5.92 Å². The molecule has 20 heavy (non-hydrogen) atoms. The maximum absolute atomic E-state index is 12.1. The Morgan fingerprint density at radius 2 is 2.05 bits per heavy atom. The summed E-state index contributed by atoms with van der Waals surface area (Å²) in [7, 11) is 0. The number of aliphatic hydroxyl groups excluding tert-OH is 1. The van der Waals surface area contributed by atoms with Crippen molar-refractivity contribution >= 4 is 17.2 Å². The van der Waals surface area contributed by atoms with Gasteiger partial charge in [-0.2, -0.15) is 0 Å². The number of benzene rings is 1. The summed E-state index contributed by atoms with van der Waals surface area (Å²) in [6.45, 7) is 3.84. The number of aliphatic hydroxyl groups is 1. The molecule has 0 bridgehead atoms. The Hall–Kier alpha value is -1.72. The first-order chi connectivity index (χ1) is 9.61. The Bertz CT molecular complexity index is 568. The van der Waals surface area contributed by atoms with Crippen LogP contribution in [0.15, 0.2) is 36.5 Å². The van der Waals surface area contributed by atoms with Gasteiger partial charge >= 0.3 is 0 Å². The second-order valence-corrected chi connectivity index (χ2v) is 5.85. The monoisotopic (exact) mass is 290 g/mol. The number of amides is 1. The van der Waals surface area contributed by atoms with Crippen LogP contribution in [0.1, 0.15) is 23.5 Å². The Balaban J connectivity index is 2.07. The number of nitrogens with zero attached hydrogens (tertiary/aromatic N) is 1. The summed E-state index contributed by atoms with van der Waals surface area (Å²) < 4.78 is 0. The van der Waals surface area contributed by atoms with Crippen LogP contribution in [0.4, 0.5) is 0 Å². The maximum atomic E-state index is 12.1. The van der Waals surface area contributed by atoms with Crippen molar-refractivity contribution in [2.75, 3.05) is 6.61 Å². The number of rotatable bonds is 5. The molecule has 0 radical (unpaired) electrons. The lowest BCUT2D eigenvalue weighted by Crippen LogP contribution is -2.38. The van der Waals surface area contributed by atoms with Crippen LogP contribution in [0.5, 0.6) is 0 Å². The van der Waals surface area contributed by atoms with Crippen molar-refractivity contribution in [1.82, 2.24) is 10.3 Å². The standard InChI is InChI=1S/C15H18N2O2S/c1-10(9-18)11(2)17-14(19)13-8-16-15(20-13)12-6-4-3-5-7-12/h3-8,10-11,18H,9H2,1-2H3,(H,17,19). The average molecular weight is 290 g/mol. The van der Waals surface area contributed by atoms with E-state index in [1.807, 2.05) is 44.2 Å². The normalized spacial score (nSPS) is 13.8. The zero-order valence-corrected chi connectivity index (χ0v) is 12.4. The Kier molecular flexibility index (Phi) is 4.87. The van der Waals surface area contributed by atoms with E-state index >= 15 is 0 Å². The van der Waals surface area contributed by atoms with E-state index in [1.165, 1.54) is 11.3 Å². The predicted octanol–water partition coefficient (Wildman–Crippen LogP) is 2.56. The van der Waals surface area contributed by atoms with Crippen molar-refractivity contribution in [3.05, 3.63) is 41.4 Å². The van der Waals surface area contributed by atoms with Gasteiger partial charge in [0.05, 0.1) is 6.20 Å². The van der Waals surface area contributed by atoms with Gasteiger partial charge in [0.15, 0.2) is 0 Å². The van der Waals surface area contributed by atoms with Crippen molar-refractivity contribution in [3.8, 4) is 10.6 Å². The van der Waals surface area contributed by atoms with Gasteiger partial charge in [-0.1, -0.05) is 37.3 Å². The van der Waals surface area contributed by atoms with E-state index in [2.05, 4.69) is 10.3 Å². The summed E-state index contributed by atoms with van der Waals surface area (Å²) in [4.78, 5) is 17.0. The summed E-state index contributed by atoms with van der Waals surface area (Å²) in [5.74, 6) is -0.113. The topological polar surface area (TPSA) is 62.2 Å². The van der Waals surface area contributed by atoms with E-state index in [1.54, 1.807) is 6.20 Å². The Labute approximate surface area is 122 Å². The minimum atomic E-state index is -0.141. The molecule has 2 atom stereocenters. The third-order valence-electron chi connectivity index (χ3n) is 3.25. The van der Waals surface area contributed by atoms with Gasteiger partial charge in [-0.3, -0.25) is 4.79 Å². The zero-order valence-electron chi connectivity index (χ0n) is 11.5. The van der Waals surface area contributed by atoms with Gasteiger partial charge in [0.25, 0.3) is 5.91 Å². The van der Waals surface area contributed by atoms with E-state index in [9.17, 15) is 4.79 Å². The van der Waals surface area contributed by atoms with Crippen LogP contribution < -0.4 is 5.32 Å². The fraction of sp³-hybridized carbons (Fsp3) is 0.333. The van der Waals surface area contributed by atoms with E-state index in [0.29, 0.717) is 4.88 Å². The molecule has 2 N–H and O–H groups in total. The van der Waals surface area contributed by atoms with Crippen molar-refractivity contribution in [2.45, 2.75) is 19.9 Å². The van der Waals surface area contributed by atoms with E-state index in [4.69, 9.17) is 5.11 Å². The molecule has 0 aliphatic heterocycles. The van der Waals surface area contributed by atoms with Crippen molar-refractivity contribution < 1.29 is 9.90 Å². The predicted molar refractivity (Wildman–Crippen MR) is 80.7 cm³/mol. The lowest BCUT2D eigenvalue weighted by molar-refractivity contribution is 0.0920. The van der Waals surface area contributed by atoms with Crippen LogP contribution in [-0.2, 0) is 0 Å². The number of aromatic nitrogens is 1. The Morgan fingerprint density at radius 1 is 1.35 bits per heavy atom. The second kappa shape index (κ2) is 6.63. The number of hydrogen-bond acceptors (Lipinski definition) is 4. The molecule has 0 saturated carbocycles. The summed E-state index contributed by atoms with van der Waals surface area (Å²) in [6, 6.07) is 9.70.